The van der Waals surface area contributed by atoms with Crippen LogP contribution in [-0.2, 0) is 0 Å². The van der Waals surface area contributed by atoms with Gasteiger partial charge in [-0.1, -0.05) is 13.3 Å². The Hall–Kier alpha value is -0.0400. The lowest BCUT2D eigenvalue weighted by Crippen LogP contribution is -2.52. The van der Waals surface area contributed by atoms with Crippen LogP contribution >= 0.6 is 0 Å². The number of hydrogen-bond acceptors (Lipinski definition) is 1. The average molecular weight is 169 g/mol. The zero-order valence-corrected chi connectivity index (χ0v) is 9.06. The van der Waals surface area contributed by atoms with E-state index in [1.54, 1.807) is 0 Å². The lowest BCUT2D eigenvalue weighted by Gasteiger charge is -2.46. The van der Waals surface area contributed by atoms with Crippen molar-refractivity contribution in [3.63, 3.8) is 0 Å². The monoisotopic (exact) mass is 169 g/mol. The summed E-state index contributed by atoms with van der Waals surface area (Å²) in [5, 5.41) is 0. The van der Waals surface area contributed by atoms with E-state index in [4.69, 9.17) is 0 Å². The van der Waals surface area contributed by atoms with Crippen molar-refractivity contribution >= 4 is 0 Å². The molecule has 0 aromatic carbocycles. The molecule has 0 aromatic heterocycles. The van der Waals surface area contributed by atoms with E-state index in [1.165, 1.54) is 32.2 Å². The minimum atomic E-state index is 0.452. The molecule has 1 fully saturated rings. The summed E-state index contributed by atoms with van der Waals surface area (Å²) in [5.74, 6) is 0. The Morgan fingerprint density at radius 1 is 1.42 bits per heavy atom. The molecule has 72 valence electrons. The molecule has 1 aliphatic rings. The summed E-state index contributed by atoms with van der Waals surface area (Å²) in [5.41, 5.74) is 0.452. The van der Waals surface area contributed by atoms with E-state index in [9.17, 15) is 0 Å². The molecule has 0 saturated carbocycles. The standard InChI is InChI=1S/C11H23N/c1-5-9-12-10(2)7-6-8-11(12,3)4/h10H,5-9H2,1-4H3. The summed E-state index contributed by atoms with van der Waals surface area (Å²) >= 11 is 0. The molecule has 1 atom stereocenters. The van der Waals surface area contributed by atoms with Crippen LogP contribution in [-0.4, -0.2) is 23.0 Å². The van der Waals surface area contributed by atoms with Gasteiger partial charge in [0.2, 0.25) is 0 Å². The Balaban J connectivity index is 2.60. The zero-order valence-electron chi connectivity index (χ0n) is 9.06. The van der Waals surface area contributed by atoms with Crippen molar-refractivity contribution in [3.8, 4) is 0 Å². The molecule has 0 aliphatic carbocycles. The van der Waals surface area contributed by atoms with E-state index < -0.39 is 0 Å². The number of hydrogen-bond donors (Lipinski definition) is 0. The molecule has 0 N–H and O–H groups in total. The molecule has 0 aromatic rings. The summed E-state index contributed by atoms with van der Waals surface area (Å²) < 4.78 is 0. The highest BCUT2D eigenvalue weighted by Crippen LogP contribution is 2.31. The Labute approximate surface area is 77.1 Å². The highest BCUT2D eigenvalue weighted by Gasteiger charge is 2.32. The van der Waals surface area contributed by atoms with Crippen LogP contribution in [0.2, 0.25) is 0 Å². The molecule has 1 heterocycles. The molecule has 0 amide bonds. The summed E-state index contributed by atoms with van der Waals surface area (Å²) in [6.07, 6.45) is 5.46. The largest absolute Gasteiger partial charge is 0.296 e. The summed E-state index contributed by atoms with van der Waals surface area (Å²) in [6.45, 7) is 10.7. The lowest BCUT2D eigenvalue weighted by atomic mass is 9.86. The number of rotatable bonds is 2. The van der Waals surface area contributed by atoms with Crippen molar-refractivity contribution < 1.29 is 0 Å². The first-order valence-corrected chi connectivity index (χ1v) is 5.34. The van der Waals surface area contributed by atoms with Crippen LogP contribution in [0.25, 0.3) is 0 Å². The van der Waals surface area contributed by atoms with Gasteiger partial charge >= 0.3 is 0 Å². The minimum absolute atomic E-state index is 0.452. The fraction of sp³-hybridized carbons (Fsp3) is 1.00. The Kier molecular flexibility index (Phi) is 3.16. The Bertz CT molecular complexity index is 140. The van der Waals surface area contributed by atoms with Gasteiger partial charge in [0.1, 0.15) is 0 Å². The Morgan fingerprint density at radius 2 is 2.08 bits per heavy atom. The highest BCUT2D eigenvalue weighted by atomic mass is 15.2. The predicted octanol–water partition coefficient (Wildman–Crippen LogP) is 3.05. The fourth-order valence-corrected chi connectivity index (χ4v) is 2.49. The first kappa shape index (κ1) is 10.0. The van der Waals surface area contributed by atoms with Crippen LogP contribution in [0.15, 0.2) is 0 Å². The van der Waals surface area contributed by atoms with Gasteiger partial charge in [-0.15, -0.1) is 0 Å². The fourth-order valence-electron chi connectivity index (χ4n) is 2.49. The number of piperidine rings is 1. The average Bonchev–Trinajstić information content (AvgIpc) is 1.97. The Morgan fingerprint density at radius 3 is 2.58 bits per heavy atom. The number of likely N-dealkylation sites (tertiary alicyclic amines) is 1. The molecule has 1 nitrogen and oxygen atoms in total. The molecule has 1 heteroatoms. The van der Waals surface area contributed by atoms with Gasteiger partial charge in [0.05, 0.1) is 0 Å². The molecular weight excluding hydrogens is 146 g/mol. The van der Waals surface area contributed by atoms with Gasteiger partial charge in [0.25, 0.3) is 0 Å². The second-order valence-electron chi connectivity index (χ2n) is 4.75. The molecule has 0 spiro atoms. The van der Waals surface area contributed by atoms with Crippen LogP contribution < -0.4 is 0 Å². The van der Waals surface area contributed by atoms with E-state index in [0.717, 1.165) is 6.04 Å². The minimum Gasteiger partial charge on any atom is -0.296 e. The van der Waals surface area contributed by atoms with Crippen molar-refractivity contribution in [3.05, 3.63) is 0 Å². The molecular formula is C11H23N. The van der Waals surface area contributed by atoms with Gasteiger partial charge in [0, 0.05) is 11.6 Å². The van der Waals surface area contributed by atoms with Crippen LogP contribution in [0.3, 0.4) is 0 Å². The third-order valence-corrected chi connectivity index (χ3v) is 3.18. The van der Waals surface area contributed by atoms with Crippen molar-refractivity contribution in [2.45, 2.75) is 65.0 Å². The molecule has 0 radical (unpaired) electrons. The zero-order chi connectivity index (χ0) is 9.19. The molecule has 12 heavy (non-hydrogen) atoms. The number of nitrogens with zero attached hydrogens (tertiary/aromatic N) is 1. The van der Waals surface area contributed by atoms with Gasteiger partial charge in [-0.05, 0) is 46.6 Å². The maximum absolute atomic E-state index is 2.68. The topological polar surface area (TPSA) is 3.24 Å². The second kappa shape index (κ2) is 3.78. The third-order valence-electron chi connectivity index (χ3n) is 3.18. The summed E-state index contributed by atoms with van der Waals surface area (Å²) in [7, 11) is 0. The molecule has 1 rings (SSSR count). The van der Waals surface area contributed by atoms with E-state index >= 15 is 0 Å². The highest BCUT2D eigenvalue weighted by molar-refractivity contribution is 4.89. The SMILES string of the molecule is CCCN1C(C)CCCC1(C)C. The first-order valence-electron chi connectivity index (χ1n) is 5.34. The van der Waals surface area contributed by atoms with E-state index in [1.807, 2.05) is 0 Å². The second-order valence-corrected chi connectivity index (χ2v) is 4.75. The molecule has 1 saturated heterocycles. The van der Waals surface area contributed by atoms with Gasteiger partial charge in [-0.25, -0.2) is 0 Å². The van der Waals surface area contributed by atoms with Crippen molar-refractivity contribution in [1.82, 2.24) is 4.90 Å². The normalized spacial score (nSPS) is 30.5. The van der Waals surface area contributed by atoms with E-state index in [-0.39, 0.29) is 0 Å². The van der Waals surface area contributed by atoms with Gasteiger partial charge in [-0.2, -0.15) is 0 Å². The smallest absolute Gasteiger partial charge is 0.0156 e. The van der Waals surface area contributed by atoms with Crippen molar-refractivity contribution in [2.75, 3.05) is 6.54 Å². The van der Waals surface area contributed by atoms with Crippen LogP contribution in [0.5, 0.6) is 0 Å². The van der Waals surface area contributed by atoms with Crippen LogP contribution in [0.4, 0.5) is 0 Å². The first-order chi connectivity index (χ1) is 5.58. The third kappa shape index (κ3) is 2.01. The van der Waals surface area contributed by atoms with Crippen LogP contribution in [0.1, 0.15) is 53.4 Å². The summed E-state index contributed by atoms with van der Waals surface area (Å²) in [6, 6.07) is 0.800. The quantitative estimate of drug-likeness (QED) is 0.614. The van der Waals surface area contributed by atoms with E-state index in [2.05, 4.69) is 32.6 Å². The van der Waals surface area contributed by atoms with Gasteiger partial charge in [0.15, 0.2) is 0 Å². The predicted molar refractivity (Wildman–Crippen MR) is 54.4 cm³/mol. The van der Waals surface area contributed by atoms with Crippen molar-refractivity contribution in [1.29, 1.82) is 0 Å². The maximum Gasteiger partial charge on any atom is 0.0156 e. The maximum atomic E-state index is 2.68. The van der Waals surface area contributed by atoms with Gasteiger partial charge < -0.3 is 0 Å². The van der Waals surface area contributed by atoms with Crippen molar-refractivity contribution in [2.24, 2.45) is 0 Å². The molecule has 1 aliphatic heterocycles. The molecule has 1 unspecified atom stereocenters. The summed E-state index contributed by atoms with van der Waals surface area (Å²) in [4.78, 5) is 2.68. The van der Waals surface area contributed by atoms with Crippen LogP contribution in [0, 0.1) is 0 Å². The lowest BCUT2D eigenvalue weighted by molar-refractivity contribution is 0.0320. The van der Waals surface area contributed by atoms with E-state index in [0.29, 0.717) is 5.54 Å². The molecule has 0 bridgehead atoms. The van der Waals surface area contributed by atoms with Gasteiger partial charge in [-0.3, -0.25) is 4.90 Å².